The van der Waals surface area contributed by atoms with Crippen LogP contribution in [0.1, 0.15) is 42.9 Å². The van der Waals surface area contributed by atoms with Gasteiger partial charge in [-0.05, 0) is 81.1 Å². The molecule has 2 heterocycles. The summed E-state index contributed by atoms with van der Waals surface area (Å²) in [6.07, 6.45) is 3.88. The first-order chi connectivity index (χ1) is 16.7. The third-order valence-corrected chi connectivity index (χ3v) is 10.7. The predicted octanol–water partition coefficient (Wildman–Crippen LogP) is 3.45. The maximum Gasteiger partial charge on any atom is 0.218 e. The molecule has 2 aliphatic heterocycles. The van der Waals surface area contributed by atoms with Crippen LogP contribution in [0.4, 0.5) is 0 Å². The molecular weight excluding hydrogens is 458 g/mol. The highest BCUT2D eigenvalue weighted by Crippen LogP contribution is 2.47. The van der Waals surface area contributed by atoms with E-state index in [2.05, 4.69) is 36.9 Å². The summed E-state index contributed by atoms with van der Waals surface area (Å²) in [5.74, 6) is 0.926. The molecule has 6 nitrogen and oxygen atoms in total. The largest absolute Gasteiger partial charge is 0.508 e. The van der Waals surface area contributed by atoms with Crippen molar-refractivity contribution < 1.29 is 13.5 Å². The molecule has 0 aromatic heterocycles. The molecule has 35 heavy (non-hydrogen) atoms. The van der Waals surface area contributed by atoms with Crippen molar-refractivity contribution in [3.63, 3.8) is 0 Å². The fraction of sp³-hybridized carbons (Fsp3) is 0.571. The monoisotopic (exact) mass is 497 g/mol. The van der Waals surface area contributed by atoms with Crippen LogP contribution < -0.4 is 0 Å². The maximum atomic E-state index is 13.0. The van der Waals surface area contributed by atoms with Crippen LogP contribution in [0.25, 0.3) is 0 Å². The number of piperidine rings is 2. The Hall–Kier alpha value is -1.93. The Bertz CT molecular complexity index is 1150. The lowest BCUT2D eigenvalue weighted by atomic mass is 9.61. The fourth-order valence-electron chi connectivity index (χ4n) is 7.00. The smallest absolute Gasteiger partial charge is 0.218 e. The SMILES string of the molecule is CN1CCC2(C)c3cc(O)ccc3C[C@@H]1[C@@H]2N(C)CC1CCN(S(=O)(=O)Cc2ccccc2)CC1. The van der Waals surface area contributed by atoms with Crippen LogP contribution in [0, 0.1) is 5.92 Å². The topological polar surface area (TPSA) is 64.1 Å². The lowest BCUT2D eigenvalue weighted by molar-refractivity contribution is -0.00615. The summed E-state index contributed by atoms with van der Waals surface area (Å²) in [4.78, 5) is 5.06. The van der Waals surface area contributed by atoms with Gasteiger partial charge in [0, 0.05) is 37.1 Å². The summed E-state index contributed by atoms with van der Waals surface area (Å²) >= 11 is 0. The van der Waals surface area contributed by atoms with Gasteiger partial charge in [-0.15, -0.1) is 0 Å². The van der Waals surface area contributed by atoms with Gasteiger partial charge in [0.05, 0.1) is 5.75 Å². The number of aromatic hydroxyl groups is 1. The van der Waals surface area contributed by atoms with Crippen molar-refractivity contribution in [2.75, 3.05) is 40.3 Å². The van der Waals surface area contributed by atoms with Gasteiger partial charge < -0.3 is 14.9 Å². The molecule has 0 saturated carbocycles. The van der Waals surface area contributed by atoms with Crippen molar-refractivity contribution in [2.24, 2.45) is 5.92 Å². The van der Waals surface area contributed by atoms with Gasteiger partial charge >= 0.3 is 0 Å². The summed E-state index contributed by atoms with van der Waals surface area (Å²) in [5.41, 5.74) is 3.52. The van der Waals surface area contributed by atoms with Crippen molar-refractivity contribution in [3.8, 4) is 5.75 Å². The molecule has 2 aromatic rings. The number of hydrogen-bond donors (Lipinski definition) is 1. The van der Waals surface area contributed by atoms with E-state index in [1.807, 2.05) is 42.5 Å². The van der Waals surface area contributed by atoms with Crippen molar-refractivity contribution >= 4 is 10.0 Å². The van der Waals surface area contributed by atoms with Gasteiger partial charge in [-0.3, -0.25) is 0 Å². The molecule has 5 rings (SSSR count). The lowest BCUT2D eigenvalue weighted by Gasteiger charge is -2.58. The molecule has 2 fully saturated rings. The van der Waals surface area contributed by atoms with Gasteiger partial charge in [0.25, 0.3) is 0 Å². The molecular formula is C28H39N3O3S. The second-order valence-corrected chi connectivity index (χ2v) is 13.2. The minimum atomic E-state index is -3.29. The van der Waals surface area contributed by atoms with Crippen molar-refractivity contribution in [1.82, 2.24) is 14.1 Å². The van der Waals surface area contributed by atoms with E-state index < -0.39 is 10.0 Å². The van der Waals surface area contributed by atoms with E-state index in [-0.39, 0.29) is 11.2 Å². The number of sulfonamides is 1. The Morgan fingerprint density at radius 2 is 1.80 bits per heavy atom. The predicted molar refractivity (Wildman–Crippen MR) is 140 cm³/mol. The minimum absolute atomic E-state index is 0.00201. The Morgan fingerprint density at radius 3 is 2.51 bits per heavy atom. The number of likely N-dealkylation sites (N-methyl/N-ethyl adjacent to an activating group) is 2. The number of benzene rings is 2. The molecule has 1 aliphatic carbocycles. The molecule has 0 spiro atoms. The van der Waals surface area contributed by atoms with E-state index in [1.54, 1.807) is 4.31 Å². The first kappa shape index (κ1) is 24.8. The number of phenolic OH excluding ortho intramolecular Hbond substituents is 1. The molecule has 1 unspecified atom stereocenters. The van der Waals surface area contributed by atoms with Gasteiger partial charge in [0.15, 0.2) is 0 Å². The first-order valence-electron chi connectivity index (χ1n) is 12.9. The molecule has 3 aliphatic rings. The van der Waals surface area contributed by atoms with Crippen LogP contribution >= 0.6 is 0 Å². The van der Waals surface area contributed by atoms with Gasteiger partial charge in [0.1, 0.15) is 5.75 Å². The Morgan fingerprint density at radius 1 is 1.09 bits per heavy atom. The average molecular weight is 498 g/mol. The zero-order chi connectivity index (χ0) is 24.8. The molecule has 0 amide bonds. The second-order valence-electron chi connectivity index (χ2n) is 11.2. The lowest BCUT2D eigenvalue weighted by Crippen LogP contribution is -2.66. The molecule has 1 N–H and O–H groups in total. The van der Waals surface area contributed by atoms with Crippen LogP contribution in [-0.2, 0) is 27.6 Å². The molecule has 7 heteroatoms. The number of fused-ring (bicyclic) bond motifs is 4. The highest BCUT2D eigenvalue weighted by Gasteiger charge is 2.51. The van der Waals surface area contributed by atoms with Gasteiger partial charge in [-0.1, -0.05) is 43.3 Å². The molecule has 2 saturated heterocycles. The van der Waals surface area contributed by atoms with Crippen molar-refractivity contribution in [3.05, 3.63) is 65.2 Å². The molecule has 2 bridgehead atoms. The quantitative estimate of drug-likeness (QED) is 0.662. The molecule has 190 valence electrons. The van der Waals surface area contributed by atoms with Crippen LogP contribution in [0.2, 0.25) is 0 Å². The number of nitrogens with zero attached hydrogens (tertiary/aromatic N) is 3. The second kappa shape index (κ2) is 9.51. The average Bonchev–Trinajstić information content (AvgIpc) is 2.83. The van der Waals surface area contributed by atoms with Crippen LogP contribution in [0.5, 0.6) is 5.75 Å². The van der Waals surface area contributed by atoms with E-state index >= 15 is 0 Å². The summed E-state index contributed by atoms with van der Waals surface area (Å²) in [5, 5.41) is 10.2. The number of hydrogen-bond acceptors (Lipinski definition) is 5. The van der Waals surface area contributed by atoms with Gasteiger partial charge in [-0.25, -0.2) is 12.7 Å². The summed E-state index contributed by atoms with van der Waals surface area (Å²) < 4.78 is 27.6. The zero-order valence-electron chi connectivity index (χ0n) is 21.2. The highest BCUT2D eigenvalue weighted by atomic mass is 32.2. The normalized spacial score (nSPS) is 28.2. The minimum Gasteiger partial charge on any atom is -0.508 e. The standard InChI is InChI=1S/C28H39N3O3S/c1-28-13-16-29(2)26(17-23-9-10-24(32)18-25(23)28)27(28)30(3)19-21-11-14-31(15-12-21)35(33,34)20-22-7-5-4-6-8-22/h4-10,18,21,26-27,32H,11-17,19-20H2,1-3H3/t26-,27+,28?/m1/s1. The number of rotatable bonds is 6. The maximum absolute atomic E-state index is 13.0. The zero-order valence-corrected chi connectivity index (χ0v) is 22.0. The van der Waals surface area contributed by atoms with E-state index in [1.165, 1.54) is 11.1 Å². The molecule has 0 radical (unpaired) electrons. The van der Waals surface area contributed by atoms with E-state index in [0.717, 1.165) is 44.3 Å². The first-order valence-corrected chi connectivity index (χ1v) is 14.5. The van der Waals surface area contributed by atoms with Crippen LogP contribution in [0.15, 0.2) is 48.5 Å². The van der Waals surface area contributed by atoms with E-state index in [0.29, 0.717) is 36.8 Å². The molecule has 2 aromatic carbocycles. The number of phenols is 1. The fourth-order valence-corrected chi connectivity index (χ4v) is 8.56. The van der Waals surface area contributed by atoms with E-state index in [9.17, 15) is 13.5 Å². The Labute approximate surface area is 210 Å². The Kier molecular flexibility index (Phi) is 6.72. The van der Waals surface area contributed by atoms with Crippen molar-refractivity contribution in [1.29, 1.82) is 0 Å². The highest BCUT2D eigenvalue weighted by molar-refractivity contribution is 7.88. The Balaban J connectivity index is 1.26. The van der Waals surface area contributed by atoms with Crippen LogP contribution in [-0.4, -0.2) is 80.0 Å². The summed E-state index contributed by atoms with van der Waals surface area (Å²) in [7, 11) is 1.21. The number of likely N-dealkylation sites (tertiary alicyclic amines) is 1. The van der Waals surface area contributed by atoms with Gasteiger partial charge in [-0.2, -0.15) is 0 Å². The molecule has 3 atom stereocenters. The van der Waals surface area contributed by atoms with Crippen molar-refractivity contribution in [2.45, 2.75) is 55.9 Å². The van der Waals surface area contributed by atoms with E-state index in [4.69, 9.17) is 0 Å². The summed E-state index contributed by atoms with van der Waals surface area (Å²) in [6, 6.07) is 16.2. The summed E-state index contributed by atoms with van der Waals surface area (Å²) in [6.45, 7) is 5.64. The third-order valence-electron chi connectivity index (χ3n) is 8.88. The van der Waals surface area contributed by atoms with Gasteiger partial charge in [0.2, 0.25) is 10.0 Å². The third kappa shape index (κ3) is 4.76. The van der Waals surface area contributed by atoms with Crippen LogP contribution in [0.3, 0.4) is 0 Å².